The molecule has 0 heterocycles. The number of hydrogen-bond donors (Lipinski definition) is 1. The van der Waals surface area contributed by atoms with E-state index in [1.54, 1.807) is 0 Å². The maximum atomic E-state index is 3.67. The number of nitrogens with one attached hydrogen (secondary N) is 1. The Labute approximate surface area is 102 Å². The highest BCUT2D eigenvalue weighted by Gasteiger charge is 2.17. The molecule has 0 aromatic carbocycles. The third kappa shape index (κ3) is 5.69. The summed E-state index contributed by atoms with van der Waals surface area (Å²) in [6.45, 7) is 7.82. The Kier molecular flexibility index (Phi) is 6.79. The van der Waals surface area contributed by atoms with Crippen LogP contribution in [0.5, 0.6) is 0 Å². The van der Waals surface area contributed by atoms with E-state index >= 15 is 0 Å². The first-order valence-electron chi connectivity index (χ1n) is 7.10. The van der Waals surface area contributed by atoms with Crippen molar-refractivity contribution in [3.8, 4) is 0 Å². The molecule has 1 aliphatic rings. The maximum Gasteiger partial charge on any atom is 0.0255 e. The van der Waals surface area contributed by atoms with E-state index in [2.05, 4.69) is 32.2 Å². The molecule has 94 valence electrons. The first kappa shape index (κ1) is 13.8. The van der Waals surface area contributed by atoms with Crippen LogP contribution < -0.4 is 5.32 Å². The average molecular weight is 223 g/mol. The van der Waals surface area contributed by atoms with E-state index in [1.807, 2.05) is 0 Å². The van der Waals surface area contributed by atoms with Crippen molar-refractivity contribution in [3.63, 3.8) is 0 Å². The van der Waals surface area contributed by atoms with Crippen molar-refractivity contribution in [2.24, 2.45) is 5.92 Å². The van der Waals surface area contributed by atoms with Gasteiger partial charge in [0.05, 0.1) is 0 Å². The Balaban J connectivity index is 2.38. The van der Waals surface area contributed by atoms with E-state index in [-0.39, 0.29) is 0 Å². The van der Waals surface area contributed by atoms with Crippen molar-refractivity contribution in [2.75, 3.05) is 6.54 Å². The van der Waals surface area contributed by atoms with Crippen LogP contribution in [0.3, 0.4) is 0 Å². The molecule has 0 radical (unpaired) electrons. The molecule has 1 saturated carbocycles. The van der Waals surface area contributed by atoms with Crippen LogP contribution in [0.15, 0.2) is 11.6 Å². The third-order valence-electron chi connectivity index (χ3n) is 3.50. The van der Waals surface area contributed by atoms with Crippen LogP contribution >= 0.6 is 0 Å². The molecule has 1 N–H and O–H groups in total. The fraction of sp³-hybridized carbons (Fsp3) is 0.867. The van der Waals surface area contributed by atoms with Gasteiger partial charge in [-0.05, 0) is 39.2 Å². The molecule has 16 heavy (non-hydrogen) atoms. The Morgan fingerprint density at radius 1 is 1.25 bits per heavy atom. The minimum absolute atomic E-state index is 0.619. The zero-order chi connectivity index (χ0) is 11.8. The molecule has 1 aliphatic carbocycles. The fourth-order valence-corrected chi connectivity index (χ4v) is 2.72. The normalized spacial score (nSPS) is 19.4. The second-order valence-corrected chi connectivity index (χ2v) is 5.54. The summed E-state index contributed by atoms with van der Waals surface area (Å²) in [6, 6.07) is 0.619. The van der Waals surface area contributed by atoms with Gasteiger partial charge in [0.1, 0.15) is 0 Å². The second kappa shape index (κ2) is 7.89. The molecule has 1 unspecified atom stereocenters. The predicted molar refractivity (Wildman–Crippen MR) is 72.7 cm³/mol. The minimum Gasteiger partial charge on any atom is -0.311 e. The van der Waals surface area contributed by atoms with Gasteiger partial charge in [-0.25, -0.2) is 0 Å². The number of allylic oxidation sites excluding steroid dienone is 1. The molecule has 0 aromatic rings. The van der Waals surface area contributed by atoms with Crippen LogP contribution in [0, 0.1) is 5.92 Å². The summed E-state index contributed by atoms with van der Waals surface area (Å²) in [6.07, 6.45) is 12.3. The average Bonchev–Trinajstić information content (AvgIpc) is 2.26. The number of hydrogen-bond acceptors (Lipinski definition) is 1. The zero-order valence-electron chi connectivity index (χ0n) is 11.4. The lowest BCUT2D eigenvalue weighted by Crippen LogP contribution is -2.31. The topological polar surface area (TPSA) is 12.0 Å². The van der Waals surface area contributed by atoms with Gasteiger partial charge >= 0.3 is 0 Å². The van der Waals surface area contributed by atoms with Gasteiger partial charge in [-0.3, -0.25) is 0 Å². The van der Waals surface area contributed by atoms with E-state index in [9.17, 15) is 0 Å². The highest BCUT2D eigenvalue weighted by atomic mass is 14.9. The Morgan fingerprint density at radius 3 is 2.50 bits per heavy atom. The summed E-state index contributed by atoms with van der Waals surface area (Å²) in [5.41, 5.74) is 1.45. The molecule has 1 heteroatoms. The molecular formula is C15H29N. The van der Waals surface area contributed by atoms with Gasteiger partial charge in [-0.1, -0.05) is 50.7 Å². The summed E-state index contributed by atoms with van der Waals surface area (Å²) < 4.78 is 0. The van der Waals surface area contributed by atoms with Crippen molar-refractivity contribution in [3.05, 3.63) is 11.6 Å². The molecule has 1 nitrogen and oxygen atoms in total. The van der Waals surface area contributed by atoms with Crippen LogP contribution in [-0.4, -0.2) is 12.6 Å². The van der Waals surface area contributed by atoms with Crippen molar-refractivity contribution >= 4 is 0 Å². The van der Waals surface area contributed by atoms with Crippen molar-refractivity contribution in [1.82, 2.24) is 5.32 Å². The van der Waals surface area contributed by atoms with Crippen molar-refractivity contribution < 1.29 is 0 Å². The lowest BCUT2D eigenvalue weighted by atomic mass is 9.84. The van der Waals surface area contributed by atoms with Crippen LogP contribution in [0.25, 0.3) is 0 Å². The molecule has 0 saturated heterocycles. The van der Waals surface area contributed by atoms with E-state index in [4.69, 9.17) is 0 Å². The molecule has 0 bridgehead atoms. The van der Waals surface area contributed by atoms with Gasteiger partial charge in [0.25, 0.3) is 0 Å². The number of rotatable bonds is 6. The molecule has 1 rings (SSSR count). The quantitative estimate of drug-likeness (QED) is 0.662. The third-order valence-corrected chi connectivity index (χ3v) is 3.50. The molecule has 0 spiro atoms. The summed E-state index contributed by atoms with van der Waals surface area (Å²) >= 11 is 0. The van der Waals surface area contributed by atoms with Gasteiger partial charge in [-0.2, -0.15) is 0 Å². The van der Waals surface area contributed by atoms with Crippen LogP contribution in [-0.2, 0) is 0 Å². The highest BCUT2D eigenvalue weighted by Crippen LogP contribution is 2.27. The highest BCUT2D eigenvalue weighted by molar-refractivity contribution is 5.01. The van der Waals surface area contributed by atoms with E-state index in [0.717, 1.165) is 12.5 Å². The smallest absolute Gasteiger partial charge is 0.0255 e. The molecular weight excluding hydrogens is 194 g/mol. The lowest BCUT2D eigenvalue weighted by Gasteiger charge is -2.26. The van der Waals surface area contributed by atoms with Gasteiger partial charge in [-0.15, -0.1) is 0 Å². The molecule has 0 aliphatic heterocycles. The second-order valence-electron chi connectivity index (χ2n) is 5.54. The van der Waals surface area contributed by atoms with Gasteiger partial charge in [0.15, 0.2) is 0 Å². The molecule has 1 fully saturated rings. The predicted octanol–water partition coefficient (Wildman–Crippen LogP) is 4.29. The van der Waals surface area contributed by atoms with Gasteiger partial charge in [0, 0.05) is 6.04 Å². The van der Waals surface area contributed by atoms with Crippen LogP contribution in [0.4, 0.5) is 0 Å². The summed E-state index contributed by atoms with van der Waals surface area (Å²) in [4.78, 5) is 0. The Bertz CT molecular complexity index is 197. The zero-order valence-corrected chi connectivity index (χ0v) is 11.4. The first-order valence-corrected chi connectivity index (χ1v) is 7.10. The standard InChI is InChI=1S/C15H29N/c1-4-10-16-15(11-13(2)3)12-14-8-6-5-7-9-14/h11,14-16H,4-10,12H2,1-3H3. The van der Waals surface area contributed by atoms with E-state index in [1.165, 1.54) is 50.5 Å². The minimum atomic E-state index is 0.619. The Morgan fingerprint density at radius 2 is 1.94 bits per heavy atom. The SMILES string of the molecule is CCCNC(C=C(C)C)CC1CCCCC1. The summed E-state index contributed by atoms with van der Waals surface area (Å²) in [5, 5.41) is 3.67. The Hall–Kier alpha value is -0.300. The van der Waals surface area contributed by atoms with Crippen LogP contribution in [0.2, 0.25) is 0 Å². The van der Waals surface area contributed by atoms with Crippen molar-refractivity contribution in [2.45, 2.75) is 71.8 Å². The monoisotopic (exact) mass is 223 g/mol. The fourth-order valence-electron chi connectivity index (χ4n) is 2.72. The summed E-state index contributed by atoms with van der Waals surface area (Å²) in [5.74, 6) is 0.971. The van der Waals surface area contributed by atoms with Crippen LogP contribution in [0.1, 0.15) is 65.7 Å². The first-order chi connectivity index (χ1) is 7.72. The van der Waals surface area contributed by atoms with Gasteiger partial charge in [0.2, 0.25) is 0 Å². The van der Waals surface area contributed by atoms with E-state index < -0.39 is 0 Å². The molecule has 1 atom stereocenters. The van der Waals surface area contributed by atoms with E-state index in [0.29, 0.717) is 6.04 Å². The molecule has 0 aromatic heterocycles. The van der Waals surface area contributed by atoms with Crippen molar-refractivity contribution in [1.29, 1.82) is 0 Å². The molecule has 0 amide bonds. The van der Waals surface area contributed by atoms with Gasteiger partial charge < -0.3 is 5.32 Å². The largest absolute Gasteiger partial charge is 0.311 e. The maximum absolute atomic E-state index is 3.67. The lowest BCUT2D eigenvalue weighted by molar-refractivity contribution is 0.315. The summed E-state index contributed by atoms with van der Waals surface area (Å²) in [7, 11) is 0.